The molecule has 266 valence electrons. The third-order valence-electron chi connectivity index (χ3n) is 9.71. The van der Waals surface area contributed by atoms with Gasteiger partial charge in [0, 0.05) is 13.0 Å². The van der Waals surface area contributed by atoms with Crippen LogP contribution in [0.4, 0.5) is 17.6 Å². The van der Waals surface area contributed by atoms with Crippen LogP contribution in [0.3, 0.4) is 0 Å². The summed E-state index contributed by atoms with van der Waals surface area (Å²) in [4.78, 5) is 41.7. The number of nitrogens with zero attached hydrogens (tertiary/aromatic N) is 1. The predicted molar refractivity (Wildman–Crippen MR) is 182 cm³/mol. The smallest absolute Gasteiger partial charge is 0.419 e. The van der Waals surface area contributed by atoms with Gasteiger partial charge in [0.25, 0.3) is 0 Å². The third-order valence-corrected chi connectivity index (χ3v) is 9.71. The molecule has 4 aromatic rings. The molecule has 0 spiro atoms. The van der Waals surface area contributed by atoms with E-state index in [1.54, 1.807) is 35.2 Å². The predicted octanol–water partition coefficient (Wildman–Crippen LogP) is 8.43. The summed E-state index contributed by atoms with van der Waals surface area (Å²) >= 11 is 0. The van der Waals surface area contributed by atoms with E-state index >= 15 is 0 Å². The van der Waals surface area contributed by atoms with E-state index in [-0.39, 0.29) is 36.3 Å². The van der Waals surface area contributed by atoms with Crippen molar-refractivity contribution in [1.82, 2.24) is 10.2 Å². The molecule has 2 atom stereocenters. The first kappa shape index (κ1) is 35.6. The molecule has 1 fully saturated rings. The molecule has 0 radical (unpaired) electrons. The minimum Gasteiger partial charge on any atom is -0.489 e. The van der Waals surface area contributed by atoms with Crippen molar-refractivity contribution in [2.24, 2.45) is 5.92 Å². The van der Waals surface area contributed by atoms with Crippen LogP contribution in [-0.2, 0) is 33.6 Å². The molecule has 1 aliphatic carbocycles. The standard InChI is InChI=1S/C40H38F4N2O5/c41-34-20-26(10-17-33(34)40(42,43)44)24-51-31-16-15-29-18-19-46(36(47)21-25-6-4-5-7-25)38(32(29)22-31)39(50)45-35(23-37(48)49)30-13-11-28(12-14-30)27-8-2-1-3-9-27/h1-3,8-17,20,22,25,35,38H,4-7,18-19,21,23-24H2,(H,45,50)(H,48,49). The summed E-state index contributed by atoms with van der Waals surface area (Å²) in [6, 6.07) is 22.6. The molecule has 4 aromatic carbocycles. The number of carboxylic acids is 1. The molecule has 0 saturated heterocycles. The molecule has 2 unspecified atom stereocenters. The fraction of sp³-hybridized carbons (Fsp3) is 0.325. The zero-order valence-corrected chi connectivity index (χ0v) is 27.8. The number of carbonyl (C=O) groups excluding carboxylic acids is 2. The highest BCUT2D eigenvalue weighted by Gasteiger charge is 2.38. The Bertz CT molecular complexity index is 1870. The van der Waals surface area contributed by atoms with E-state index in [9.17, 15) is 37.1 Å². The van der Waals surface area contributed by atoms with E-state index in [1.807, 2.05) is 42.5 Å². The summed E-state index contributed by atoms with van der Waals surface area (Å²) in [6.07, 6.45) is -0.465. The number of ether oxygens (including phenoxy) is 1. The normalized spacial score (nSPS) is 16.7. The topological polar surface area (TPSA) is 95.9 Å². The average Bonchev–Trinajstić information content (AvgIpc) is 3.62. The quantitative estimate of drug-likeness (QED) is 0.153. The number of aliphatic carboxylic acids is 1. The average molecular weight is 703 g/mol. The molecule has 6 rings (SSSR count). The number of hydrogen-bond donors (Lipinski definition) is 2. The van der Waals surface area contributed by atoms with Crippen LogP contribution in [0.15, 0.2) is 91.0 Å². The Kier molecular flexibility index (Phi) is 10.7. The Balaban J connectivity index is 1.27. The van der Waals surface area contributed by atoms with Gasteiger partial charge in [-0.15, -0.1) is 0 Å². The van der Waals surface area contributed by atoms with Crippen molar-refractivity contribution in [3.63, 3.8) is 0 Å². The molecule has 2 amide bonds. The minimum atomic E-state index is -4.83. The van der Waals surface area contributed by atoms with E-state index in [0.717, 1.165) is 54.5 Å². The maximum atomic E-state index is 14.3. The lowest BCUT2D eigenvalue weighted by molar-refractivity contribution is -0.143. The second-order valence-electron chi connectivity index (χ2n) is 13.2. The summed E-state index contributed by atoms with van der Waals surface area (Å²) in [6.45, 7) is 0.0474. The van der Waals surface area contributed by atoms with Gasteiger partial charge in [0.15, 0.2) is 0 Å². The van der Waals surface area contributed by atoms with Gasteiger partial charge >= 0.3 is 12.1 Å². The van der Waals surface area contributed by atoms with Crippen molar-refractivity contribution in [1.29, 1.82) is 0 Å². The first-order valence-corrected chi connectivity index (χ1v) is 17.0. The number of hydrogen-bond acceptors (Lipinski definition) is 4. The Morgan fingerprint density at radius 1 is 0.902 bits per heavy atom. The molecule has 1 saturated carbocycles. The van der Waals surface area contributed by atoms with Gasteiger partial charge < -0.3 is 20.1 Å². The Morgan fingerprint density at radius 3 is 2.27 bits per heavy atom. The number of halogens is 4. The molecular formula is C40H38F4N2O5. The second-order valence-corrected chi connectivity index (χ2v) is 13.2. The number of alkyl halides is 3. The summed E-state index contributed by atoms with van der Waals surface area (Å²) < 4.78 is 59.2. The number of nitrogens with one attached hydrogen (secondary N) is 1. The van der Waals surface area contributed by atoms with Crippen molar-refractivity contribution in [3.8, 4) is 16.9 Å². The Labute approximate surface area is 293 Å². The molecule has 2 N–H and O–H groups in total. The van der Waals surface area contributed by atoms with Crippen LogP contribution >= 0.6 is 0 Å². The van der Waals surface area contributed by atoms with Crippen molar-refractivity contribution in [3.05, 3.63) is 125 Å². The van der Waals surface area contributed by atoms with Crippen molar-refractivity contribution in [2.45, 2.75) is 69.8 Å². The maximum Gasteiger partial charge on any atom is 0.419 e. The van der Waals surface area contributed by atoms with Gasteiger partial charge in [-0.2, -0.15) is 13.2 Å². The van der Waals surface area contributed by atoms with Crippen LogP contribution in [0.25, 0.3) is 11.1 Å². The van der Waals surface area contributed by atoms with Crippen molar-refractivity contribution >= 4 is 17.8 Å². The highest BCUT2D eigenvalue weighted by Crippen LogP contribution is 2.37. The third kappa shape index (κ3) is 8.58. The molecule has 0 bridgehead atoms. The van der Waals surface area contributed by atoms with Crippen LogP contribution in [0.5, 0.6) is 5.75 Å². The monoisotopic (exact) mass is 702 g/mol. The van der Waals surface area contributed by atoms with E-state index in [1.165, 1.54) is 0 Å². The SMILES string of the molecule is O=C(O)CC(NC(=O)C1c2cc(OCc3ccc(C(F)(F)F)c(F)c3)ccc2CCN1C(=O)CC1CCCC1)c1ccc(-c2ccccc2)cc1. The summed E-state index contributed by atoms with van der Waals surface area (Å²) in [5.74, 6) is -2.73. The van der Waals surface area contributed by atoms with Gasteiger partial charge in [-0.05, 0) is 82.8 Å². The van der Waals surface area contributed by atoms with Gasteiger partial charge in [0.1, 0.15) is 24.2 Å². The lowest BCUT2D eigenvalue weighted by Crippen LogP contribution is -2.48. The molecule has 1 heterocycles. The zero-order chi connectivity index (χ0) is 36.1. The highest BCUT2D eigenvalue weighted by atomic mass is 19.4. The number of amides is 2. The summed E-state index contributed by atoms with van der Waals surface area (Å²) in [5, 5.41) is 12.7. The second kappa shape index (κ2) is 15.4. The van der Waals surface area contributed by atoms with Gasteiger partial charge in [-0.25, -0.2) is 4.39 Å². The summed E-state index contributed by atoms with van der Waals surface area (Å²) in [5.41, 5.74) is 2.61. The number of carboxylic acid groups (broad SMARTS) is 1. The van der Waals surface area contributed by atoms with Gasteiger partial charge in [0.2, 0.25) is 11.8 Å². The Morgan fingerprint density at radius 2 is 1.61 bits per heavy atom. The van der Waals surface area contributed by atoms with Gasteiger partial charge in [-0.3, -0.25) is 14.4 Å². The zero-order valence-electron chi connectivity index (χ0n) is 27.8. The van der Waals surface area contributed by atoms with Crippen LogP contribution in [0, 0.1) is 11.7 Å². The summed E-state index contributed by atoms with van der Waals surface area (Å²) in [7, 11) is 0. The number of rotatable bonds is 11. The number of fused-ring (bicyclic) bond motifs is 1. The Hall–Kier alpha value is -5.19. The molecule has 2 aliphatic rings. The van der Waals surface area contributed by atoms with Crippen LogP contribution in [0.1, 0.15) is 78.4 Å². The van der Waals surface area contributed by atoms with E-state index < -0.39 is 47.9 Å². The molecule has 0 aromatic heterocycles. The van der Waals surface area contributed by atoms with Crippen molar-refractivity contribution < 1.29 is 41.8 Å². The fourth-order valence-electron chi connectivity index (χ4n) is 7.07. The number of carbonyl (C=O) groups is 3. The highest BCUT2D eigenvalue weighted by molar-refractivity contribution is 5.90. The van der Waals surface area contributed by atoms with Gasteiger partial charge in [0.05, 0.1) is 18.0 Å². The molecule has 7 nitrogen and oxygen atoms in total. The largest absolute Gasteiger partial charge is 0.489 e. The molecule has 51 heavy (non-hydrogen) atoms. The lowest BCUT2D eigenvalue weighted by atomic mass is 9.90. The van der Waals surface area contributed by atoms with E-state index in [4.69, 9.17) is 4.74 Å². The molecule has 1 aliphatic heterocycles. The first-order valence-electron chi connectivity index (χ1n) is 17.0. The van der Waals surface area contributed by atoms with Crippen LogP contribution < -0.4 is 10.1 Å². The van der Waals surface area contributed by atoms with Crippen LogP contribution in [-0.4, -0.2) is 34.3 Å². The molecular weight excluding hydrogens is 664 g/mol. The first-order chi connectivity index (χ1) is 24.5. The van der Waals surface area contributed by atoms with Crippen LogP contribution in [0.2, 0.25) is 0 Å². The fourth-order valence-corrected chi connectivity index (χ4v) is 7.07. The lowest BCUT2D eigenvalue weighted by Gasteiger charge is -2.38. The van der Waals surface area contributed by atoms with Gasteiger partial charge in [-0.1, -0.05) is 79.6 Å². The number of benzene rings is 4. The van der Waals surface area contributed by atoms with Crippen molar-refractivity contribution in [2.75, 3.05) is 6.54 Å². The van der Waals surface area contributed by atoms with E-state index in [2.05, 4.69) is 5.32 Å². The minimum absolute atomic E-state index is 0.166. The maximum absolute atomic E-state index is 14.3. The van der Waals surface area contributed by atoms with E-state index in [0.29, 0.717) is 30.0 Å². The molecule has 11 heteroatoms.